The normalized spacial score (nSPS) is 13.1. The van der Waals surface area contributed by atoms with Crippen molar-refractivity contribution in [1.82, 2.24) is 0 Å². The number of rotatable bonds is 1. The minimum atomic E-state index is -0.166. The lowest BCUT2D eigenvalue weighted by atomic mass is 10.2. The second-order valence-corrected chi connectivity index (χ2v) is 4.04. The Balaban J connectivity index is 2.89. The zero-order valence-corrected chi connectivity index (χ0v) is 7.80. The minimum absolute atomic E-state index is 0.166. The lowest BCUT2D eigenvalue weighted by molar-refractivity contribution is 0.627. The van der Waals surface area contributed by atoms with Gasteiger partial charge in [-0.2, -0.15) is 0 Å². The van der Waals surface area contributed by atoms with Gasteiger partial charge in [0.25, 0.3) is 0 Å². The summed E-state index contributed by atoms with van der Waals surface area (Å²) in [6.45, 7) is 2.08. The molecule has 0 heterocycles. The maximum atomic E-state index is 12.3. The maximum Gasteiger partial charge on any atom is 0.123 e. The quantitative estimate of drug-likeness (QED) is 0.529. The molecule has 1 aromatic rings. The van der Waals surface area contributed by atoms with E-state index in [9.17, 15) is 4.39 Å². The van der Waals surface area contributed by atoms with Crippen LogP contribution < -0.4 is 0 Å². The molecule has 0 unspecified atom stereocenters. The highest BCUT2D eigenvalue weighted by Crippen LogP contribution is 2.21. The second-order valence-electron chi connectivity index (χ2n) is 2.17. The van der Waals surface area contributed by atoms with Crippen LogP contribution in [-0.2, 0) is 0 Å². The van der Waals surface area contributed by atoms with Crippen LogP contribution in [0.2, 0.25) is 0 Å². The molecule has 0 aliphatic heterocycles. The number of halogens is 2. The molecule has 0 bridgehead atoms. The fourth-order valence-electron chi connectivity index (χ4n) is 0.728. The van der Waals surface area contributed by atoms with Crippen molar-refractivity contribution in [1.29, 1.82) is 0 Å². The first-order valence-corrected chi connectivity index (χ1v) is 4.34. The van der Waals surface area contributed by atoms with E-state index in [1.165, 1.54) is 17.7 Å². The molecule has 0 fully saturated rings. The van der Waals surface area contributed by atoms with Crippen LogP contribution in [0.1, 0.15) is 16.4 Å². The van der Waals surface area contributed by atoms with Gasteiger partial charge in [0, 0.05) is 3.92 Å². The molecule has 0 N–H and O–H groups in total. The van der Waals surface area contributed by atoms with Crippen molar-refractivity contribution in [2.45, 2.75) is 10.8 Å². The van der Waals surface area contributed by atoms with E-state index in [-0.39, 0.29) is 5.82 Å². The molecule has 10 heavy (non-hydrogen) atoms. The fraction of sp³-hybridized carbons (Fsp3) is 0.250. The minimum Gasteiger partial charge on any atom is -0.207 e. The summed E-state index contributed by atoms with van der Waals surface area (Å²) in [6.07, 6.45) is 0. The Bertz CT molecular complexity index is 203. The molecular weight excluding hydrogens is 242 g/mol. The summed E-state index contributed by atoms with van der Waals surface area (Å²) in [6, 6.07) is 6.61. The van der Waals surface area contributed by atoms with Gasteiger partial charge in [0.05, 0.1) is 0 Å². The first kappa shape index (κ1) is 7.98. The van der Waals surface area contributed by atoms with Gasteiger partial charge >= 0.3 is 0 Å². The van der Waals surface area contributed by atoms with E-state index in [4.69, 9.17) is 0 Å². The Morgan fingerprint density at radius 3 is 2.20 bits per heavy atom. The van der Waals surface area contributed by atoms with Gasteiger partial charge in [-0.25, -0.2) is 4.39 Å². The average molecular weight is 250 g/mol. The molecule has 2 heteroatoms. The average Bonchev–Trinajstić information content (AvgIpc) is 1.88. The van der Waals surface area contributed by atoms with E-state index in [0.717, 1.165) is 0 Å². The molecule has 0 aliphatic rings. The van der Waals surface area contributed by atoms with Gasteiger partial charge in [-0.3, -0.25) is 0 Å². The third kappa shape index (κ3) is 1.94. The first-order valence-electron chi connectivity index (χ1n) is 3.09. The highest BCUT2D eigenvalue weighted by atomic mass is 127. The molecule has 0 aromatic heterocycles. The van der Waals surface area contributed by atoms with Crippen LogP contribution in [0.5, 0.6) is 0 Å². The molecule has 0 nitrogen and oxygen atoms in total. The Hall–Kier alpha value is -0.120. The standard InChI is InChI=1S/C8H8FI/c1-6(10)7-2-4-8(9)5-3-7/h2-6H,1H3/t6-/m1/s1. The summed E-state index contributed by atoms with van der Waals surface area (Å²) in [7, 11) is 0. The Labute approximate surface area is 73.6 Å². The molecule has 0 saturated carbocycles. The first-order chi connectivity index (χ1) is 4.70. The molecular formula is C8H8FI. The van der Waals surface area contributed by atoms with Crippen LogP contribution >= 0.6 is 22.6 Å². The Morgan fingerprint density at radius 2 is 1.80 bits per heavy atom. The van der Waals surface area contributed by atoms with E-state index in [2.05, 4.69) is 29.5 Å². The van der Waals surface area contributed by atoms with E-state index in [0.29, 0.717) is 3.92 Å². The maximum absolute atomic E-state index is 12.3. The highest BCUT2D eigenvalue weighted by Gasteiger charge is 1.98. The third-order valence-corrected chi connectivity index (χ3v) is 2.05. The largest absolute Gasteiger partial charge is 0.207 e. The van der Waals surface area contributed by atoms with Crippen LogP contribution in [-0.4, -0.2) is 0 Å². The zero-order chi connectivity index (χ0) is 7.56. The number of hydrogen-bond donors (Lipinski definition) is 0. The Morgan fingerprint density at radius 1 is 1.30 bits per heavy atom. The smallest absolute Gasteiger partial charge is 0.123 e. The van der Waals surface area contributed by atoms with Crippen LogP contribution in [0, 0.1) is 5.82 Å². The molecule has 0 radical (unpaired) electrons. The van der Waals surface area contributed by atoms with E-state index >= 15 is 0 Å². The summed E-state index contributed by atoms with van der Waals surface area (Å²) >= 11 is 2.30. The van der Waals surface area contributed by atoms with Crippen molar-refractivity contribution >= 4 is 22.6 Å². The Kier molecular flexibility index (Phi) is 2.65. The molecule has 0 amide bonds. The summed E-state index contributed by atoms with van der Waals surface area (Å²) in [5, 5.41) is 0. The molecule has 1 atom stereocenters. The van der Waals surface area contributed by atoms with Crippen LogP contribution in [0.15, 0.2) is 24.3 Å². The summed E-state index contributed by atoms with van der Waals surface area (Å²) in [5.41, 5.74) is 1.17. The van der Waals surface area contributed by atoms with Crippen molar-refractivity contribution in [2.75, 3.05) is 0 Å². The lowest BCUT2D eigenvalue weighted by Gasteiger charge is -2.00. The zero-order valence-electron chi connectivity index (χ0n) is 5.64. The second kappa shape index (κ2) is 3.32. The molecule has 54 valence electrons. The SMILES string of the molecule is C[C@@H](I)c1ccc(F)cc1. The van der Waals surface area contributed by atoms with Crippen LogP contribution in [0.4, 0.5) is 4.39 Å². The van der Waals surface area contributed by atoms with Gasteiger partial charge in [0.15, 0.2) is 0 Å². The van der Waals surface area contributed by atoms with Crippen molar-refractivity contribution in [3.8, 4) is 0 Å². The summed E-state index contributed by atoms with van der Waals surface area (Å²) in [4.78, 5) is 0. The number of benzene rings is 1. The predicted octanol–water partition coefficient (Wildman–Crippen LogP) is 3.32. The van der Waals surface area contributed by atoms with Crippen molar-refractivity contribution in [3.05, 3.63) is 35.6 Å². The van der Waals surface area contributed by atoms with Gasteiger partial charge < -0.3 is 0 Å². The molecule has 1 rings (SSSR count). The fourth-order valence-corrected chi connectivity index (χ4v) is 1.14. The topological polar surface area (TPSA) is 0 Å². The monoisotopic (exact) mass is 250 g/mol. The number of alkyl halides is 1. The predicted molar refractivity (Wildman–Crippen MR) is 48.8 cm³/mol. The molecule has 0 aliphatic carbocycles. The lowest BCUT2D eigenvalue weighted by Crippen LogP contribution is -1.82. The van der Waals surface area contributed by atoms with Crippen molar-refractivity contribution in [3.63, 3.8) is 0 Å². The van der Waals surface area contributed by atoms with Gasteiger partial charge in [-0.05, 0) is 24.6 Å². The van der Waals surface area contributed by atoms with E-state index in [1.54, 1.807) is 0 Å². The number of hydrogen-bond acceptors (Lipinski definition) is 0. The highest BCUT2D eigenvalue weighted by molar-refractivity contribution is 14.1. The molecule has 0 saturated heterocycles. The van der Waals surface area contributed by atoms with Crippen molar-refractivity contribution < 1.29 is 4.39 Å². The van der Waals surface area contributed by atoms with Gasteiger partial charge in [0.1, 0.15) is 5.82 Å². The van der Waals surface area contributed by atoms with Gasteiger partial charge in [-0.15, -0.1) is 0 Å². The van der Waals surface area contributed by atoms with Crippen LogP contribution in [0.3, 0.4) is 0 Å². The van der Waals surface area contributed by atoms with Gasteiger partial charge in [-0.1, -0.05) is 34.7 Å². The summed E-state index contributed by atoms with van der Waals surface area (Å²) < 4.78 is 12.8. The third-order valence-electron chi connectivity index (χ3n) is 1.33. The van der Waals surface area contributed by atoms with E-state index in [1.807, 2.05) is 12.1 Å². The molecule has 1 aromatic carbocycles. The van der Waals surface area contributed by atoms with Crippen LogP contribution in [0.25, 0.3) is 0 Å². The molecule has 0 spiro atoms. The van der Waals surface area contributed by atoms with Crippen molar-refractivity contribution in [2.24, 2.45) is 0 Å². The summed E-state index contributed by atoms with van der Waals surface area (Å²) in [5.74, 6) is -0.166. The van der Waals surface area contributed by atoms with E-state index < -0.39 is 0 Å². The van der Waals surface area contributed by atoms with Gasteiger partial charge in [0.2, 0.25) is 0 Å².